The van der Waals surface area contributed by atoms with E-state index in [2.05, 4.69) is 0 Å². The number of benzene rings is 2. The van der Waals surface area contributed by atoms with E-state index in [4.69, 9.17) is 9.47 Å². The number of halogens is 1. The van der Waals surface area contributed by atoms with Crippen LogP contribution in [0.4, 0.5) is 10.1 Å². The predicted molar refractivity (Wildman–Crippen MR) is 108 cm³/mol. The number of carbonyl (C=O) groups excluding carboxylic acids is 2. The van der Waals surface area contributed by atoms with E-state index >= 15 is 0 Å². The highest BCUT2D eigenvalue weighted by Gasteiger charge is 2.23. The number of hydrogen-bond acceptors (Lipinski definition) is 5. The zero-order valence-electron chi connectivity index (χ0n) is 16.7. The second-order valence-corrected chi connectivity index (χ2v) is 7.04. The standard InChI is InChI=1S/C22H25FN2O4/c1-16-7-8-17(2)20(13-16)28-15-22(27)29-14-21(26)25-11-9-24(10-12-25)19-6-4-3-5-18(19)23/h3-8,13H,9-12,14-15H2,1-2H3. The van der Waals surface area contributed by atoms with Crippen molar-refractivity contribution < 1.29 is 23.5 Å². The van der Waals surface area contributed by atoms with E-state index in [1.54, 1.807) is 23.1 Å². The van der Waals surface area contributed by atoms with Crippen LogP contribution in [0.3, 0.4) is 0 Å². The lowest BCUT2D eigenvalue weighted by molar-refractivity contribution is -0.153. The molecule has 6 nitrogen and oxygen atoms in total. The van der Waals surface area contributed by atoms with Gasteiger partial charge in [-0.2, -0.15) is 0 Å². The summed E-state index contributed by atoms with van der Waals surface area (Å²) in [6.45, 7) is 5.20. The molecule has 0 spiro atoms. The minimum Gasteiger partial charge on any atom is -0.482 e. The van der Waals surface area contributed by atoms with Gasteiger partial charge in [-0.1, -0.05) is 24.3 Å². The molecular weight excluding hydrogens is 375 g/mol. The van der Waals surface area contributed by atoms with Crippen molar-refractivity contribution in [2.75, 3.05) is 44.3 Å². The quantitative estimate of drug-likeness (QED) is 0.698. The van der Waals surface area contributed by atoms with Gasteiger partial charge in [-0.05, 0) is 43.2 Å². The molecule has 1 aliphatic heterocycles. The summed E-state index contributed by atoms with van der Waals surface area (Å²) < 4.78 is 24.4. The van der Waals surface area contributed by atoms with Gasteiger partial charge in [-0.15, -0.1) is 0 Å². The Hall–Kier alpha value is -3.09. The summed E-state index contributed by atoms with van der Waals surface area (Å²) >= 11 is 0. The van der Waals surface area contributed by atoms with Crippen LogP contribution in [-0.2, 0) is 14.3 Å². The van der Waals surface area contributed by atoms with Crippen LogP contribution in [0, 0.1) is 19.7 Å². The third-order valence-corrected chi connectivity index (χ3v) is 4.87. The Morgan fingerprint density at radius 1 is 1.00 bits per heavy atom. The van der Waals surface area contributed by atoms with Crippen LogP contribution in [0.5, 0.6) is 5.75 Å². The third-order valence-electron chi connectivity index (χ3n) is 4.87. The van der Waals surface area contributed by atoms with E-state index in [0.29, 0.717) is 37.6 Å². The Kier molecular flexibility index (Phi) is 6.69. The maximum Gasteiger partial charge on any atom is 0.344 e. The van der Waals surface area contributed by atoms with E-state index in [9.17, 15) is 14.0 Å². The van der Waals surface area contributed by atoms with Crippen molar-refractivity contribution >= 4 is 17.6 Å². The fraction of sp³-hybridized carbons (Fsp3) is 0.364. The van der Waals surface area contributed by atoms with Gasteiger partial charge >= 0.3 is 5.97 Å². The molecule has 2 aromatic rings. The van der Waals surface area contributed by atoms with E-state index in [1.807, 2.05) is 36.9 Å². The van der Waals surface area contributed by atoms with E-state index in [0.717, 1.165) is 11.1 Å². The molecule has 29 heavy (non-hydrogen) atoms. The van der Waals surface area contributed by atoms with Crippen molar-refractivity contribution in [3.63, 3.8) is 0 Å². The molecule has 0 aliphatic carbocycles. The first-order chi connectivity index (χ1) is 13.9. The van der Waals surface area contributed by atoms with Gasteiger partial charge in [0.25, 0.3) is 5.91 Å². The van der Waals surface area contributed by atoms with Crippen molar-refractivity contribution in [3.05, 3.63) is 59.4 Å². The predicted octanol–water partition coefficient (Wildman–Crippen LogP) is 2.71. The third kappa shape index (κ3) is 5.47. The molecule has 1 fully saturated rings. The van der Waals surface area contributed by atoms with Crippen LogP contribution in [0.25, 0.3) is 0 Å². The van der Waals surface area contributed by atoms with Crippen LogP contribution in [0.15, 0.2) is 42.5 Å². The number of carbonyl (C=O) groups is 2. The highest BCUT2D eigenvalue weighted by Crippen LogP contribution is 2.20. The summed E-state index contributed by atoms with van der Waals surface area (Å²) in [4.78, 5) is 27.7. The van der Waals surface area contributed by atoms with Gasteiger partial charge in [0, 0.05) is 26.2 Å². The minimum absolute atomic E-state index is 0.251. The number of amides is 1. The Balaban J connectivity index is 1.41. The van der Waals surface area contributed by atoms with Crippen molar-refractivity contribution in [3.8, 4) is 5.75 Å². The molecule has 7 heteroatoms. The number of ether oxygens (including phenoxy) is 2. The Bertz CT molecular complexity index is 879. The monoisotopic (exact) mass is 400 g/mol. The first kappa shape index (κ1) is 20.6. The van der Waals surface area contributed by atoms with Gasteiger partial charge < -0.3 is 19.3 Å². The van der Waals surface area contributed by atoms with Crippen molar-refractivity contribution in [1.29, 1.82) is 0 Å². The molecule has 3 rings (SSSR count). The summed E-state index contributed by atoms with van der Waals surface area (Å²) in [5, 5.41) is 0. The first-order valence-corrected chi connectivity index (χ1v) is 9.57. The molecule has 1 saturated heterocycles. The van der Waals surface area contributed by atoms with Crippen LogP contribution in [-0.4, -0.2) is 56.2 Å². The molecule has 0 radical (unpaired) electrons. The fourth-order valence-corrected chi connectivity index (χ4v) is 3.18. The molecule has 0 unspecified atom stereocenters. The maximum atomic E-state index is 13.9. The Labute approximate surface area is 169 Å². The van der Waals surface area contributed by atoms with Crippen molar-refractivity contribution in [2.24, 2.45) is 0 Å². The number of anilines is 1. The molecule has 0 N–H and O–H groups in total. The number of para-hydroxylation sites is 1. The summed E-state index contributed by atoms with van der Waals surface area (Å²) in [5.74, 6) is -0.509. The van der Waals surface area contributed by atoms with Crippen LogP contribution in [0.1, 0.15) is 11.1 Å². The summed E-state index contributed by atoms with van der Waals surface area (Å²) in [6, 6.07) is 12.3. The molecule has 1 amide bonds. The highest BCUT2D eigenvalue weighted by molar-refractivity contribution is 5.81. The molecule has 1 aliphatic rings. The molecular formula is C22H25FN2O4. The molecule has 0 aromatic heterocycles. The van der Waals surface area contributed by atoms with Crippen LogP contribution in [0.2, 0.25) is 0 Å². The van der Waals surface area contributed by atoms with E-state index in [1.165, 1.54) is 6.07 Å². The van der Waals surface area contributed by atoms with Crippen LogP contribution >= 0.6 is 0 Å². The zero-order chi connectivity index (χ0) is 20.8. The van der Waals surface area contributed by atoms with Gasteiger partial charge in [0.15, 0.2) is 13.2 Å². The average molecular weight is 400 g/mol. The maximum absolute atomic E-state index is 13.9. The summed E-state index contributed by atoms with van der Waals surface area (Å²) in [6.07, 6.45) is 0. The number of piperazine rings is 1. The zero-order valence-corrected chi connectivity index (χ0v) is 16.7. The highest BCUT2D eigenvalue weighted by atomic mass is 19.1. The molecule has 1 heterocycles. The number of esters is 1. The number of nitrogens with zero attached hydrogens (tertiary/aromatic N) is 2. The minimum atomic E-state index is -0.593. The Morgan fingerprint density at radius 2 is 1.72 bits per heavy atom. The lowest BCUT2D eigenvalue weighted by atomic mass is 10.1. The first-order valence-electron chi connectivity index (χ1n) is 9.57. The topological polar surface area (TPSA) is 59.1 Å². The molecule has 0 saturated carbocycles. The molecule has 2 aromatic carbocycles. The average Bonchev–Trinajstić information content (AvgIpc) is 2.73. The Morgan fingerprint density at radius 3 is 2.45 bits per heavy atom. The van der Waals surface area contributed by atoms with Gasteiger partial charge in [-0.25, -0.2) is 9.18 Å². The lowest BCUT2D eigenvalue weighted by Crippen LogP contribution is -2.50. The lowest BCUT2D eigenvalue weighted by Gasteiger charge is -2.36. The van der Waals surface area contributed by atoms with Gasteiger partial charge in [0.2, 0.25) is 0 Å². The molecule has 0 atom stereocenters. The van der Waals surface area contributed by atoms with E-state index in [-0.39, 0.29) is 24.9 Å². The number of rotatable bonds is 6. The van der Waals surface area contributed by atoms with Gasteiger partial charge in [0.1, 0.15) is 11.6 Å². The van der Waals surface area contributed by atoms with E-state index < -0.39 is 5.97 Å². The van der Waals surface area contributed by atoms with Gasteiger partial charge in [0.05, 0.1) is 5.69 Å². The van der Waals surface area contributed by atoms with Crippen LogP contribution < -0.4 is 9.64 Å². The summed E-state index contributed by atoms with van der Waals surface area (Å²) in [7, 11) is 0. The van der Waals surface area contributed by atoms with Crippen molar-refractivity contribution in [2.45, 2.75) is 13.8 Å². The van der Waals surface area contributed by atoms with Gasteiger partial charge in [-0.3, -0.25) is 4.79 Å². The van der Waals surface area contributed by atoms with Crippen molar-refractivity contribution in [1.82, 2.24) is 4.90 Å². The number of aryl methyl sites for hydroxylation is 2. The molecule has 0 bridgehead atoms. The second-order valence-electron chi connectivity index (χ2n) is 7.04. The molecule has 154 valence electrons. The largest absolute Gasteiger partial charge is 0.482 e. The number of hydrogen-bond donors (Lipinski definition) is 0. The smallest absolute Gasteiger partial charge is 0.344 e. The second kappa shape index (κ2) is 9.41. The summed E-state index contributed by atoms with van der Waals surface area (Å²) in [5.41, 5.74) is 2.49. The normalized spacial score (nSPS) is 13.9. The fourth-order valence-electron chi connectivity index (χ4n) is 3.18. The SMILES string of the molecule is Cc1ccc(C)c(OCC(=O)OCC(=O)N2CCN(c3ccccc3F)CC2)c1.